The van der Waals surface area contributed by atoms with E-state index >= 15 is 0 Å². The molecular weight excluding hydrogens is 244 g/mol. The monoisotopic (exact) mass is 268 g/mol. The maximum atomic E-state index is 6.16. The fourth-order valence-corrected chi connectivity index (χ4v) is 4.88. The van der Waals surface area contributed by atoms with Crippen molar-refractivity contribution in [3.63, 3.8) is 0 Å². The van der Waals surface area contributed by atoms with E-state index in [1.54, 1.807) is 0 Å². The Morgan fingerprint density at radius 1 is 0.947 bits per heavy atom. The Labute approximate surface area is 114 Å². The zero-order valence-electron chi connectivity index (χ0n) is 12.1. The van der Waals surface area contributed by atoms with Gasteiger partial charge in [0, 0.05) is 12.3 Å². The van der Waals surface area contributed by atoms with Crippen LogP contribution in [0.25, 0.3) is 0 Å². The first kappa shape index (κ1) is 12.6. The summed E-state index contributed by atoms with van der Waals surface area (Å²) >= 11 is 0. The maximum Gasteiger partial charge on any atom is 0.201 e. The highest BCUT2D eigenvalue weighted by atomic mass is 17.3. The number of ether oxygens (including phenoxy) is 2. The SMILES string of the molecule is CC1CCC2C(C)COC3O[C@]4(C)CCC1[C@]32OO4. The summed E-state index contributed by atoms with van der Waals surface area (Å²) in [6.07, 6.45) is 4.24. The molecule has 4 heterocycles. The van der Waals surface area contributed by atoms with Crippen molar-refractivity contribution < 1.29 is 19.2 Å². The van der Waals surface area contributed by atoms with E-state index in [0.29, 0.717) is 23.7 Å². The average molecular weight is 268 g/mol. The van der Waals surface area contributed by atoms with Gasteiger partial charge in [-0.1, -0.05) is 13.8 Å². The second kappa shape index (κ2) is 3.94. The fraction of sp³-hybridized carbons (Fsp3) is 1.00. The first-order chi connectivity index (χ1) is 9.05. The van der Waals surface area contributed by atoms with Crippen LogP contribution in [0.2, 0.25) is 0 Å². The minimum Gasteiger partial charge on any atom is -0.349 e. The van der Waals surface area contributed by atoms with E-state index < -0.39 is 5.79 Å². The minimum absolute atomic E-state index is 0.248. The topological polar surface area (TPSA) is 36.9 Å². The molecule has 108 valence electrons. The largest absolute Gasteiger partial charge is 0.349 e. The summed E-state index contributed by atoms with van der Waals surface area (Å²) in [6.45, 7) is 7.36. The third-order valence-corrected chi connectivity index (χ3v) is 5.97. The molecule has 4 aliphatic heterocycles. The van der Waals surface area contributed by atoms with Crippen LogP contribution >= 0.6 is 0 Å². The molecule has 1 aliphatic carbocycles. The van der Waals surface area contributed by atoms with Crippen LogP contribution in [-0.2, 0) is 19.2 Å². The van der Waals surface area contributed by atoms with E-state index in [1.807, 2.05) is 6.92 Å². The summed E-state index contributed by atoms with van der Waals surface area (Å²) in [6, 6.07) is 0. The Morgan fingerprint density at radius 2 is 1.74 bits per heavy atom. The molecule has 0 amide bonds. The first-order valence-corrected chi connectivity index (χ1v) is 7.71. The van der Waals surface area contributed by atoms with E-state index in [2.05, 4.69) is 13.8 Å². The van der Waals surface area contributed by atoms with Gasteiger partial charge in [-0.15, -0.1) is 0 Å². The zero-order chi connectivity index (χ0) is 13.3. The second-order valence-electron chi connectivity index (χ2n) is 7.22. The van der Waals surface area contributed by atoms with Gasteiger partial charge in [-0.3, -0.25) is 0 Å². The van der Waals surface area contributed by atoms with Crippen LogP contribution in [0.15, 0.2) is 0 Å². The van der Waals surface area contributed by atoms with Crippen molar-refractivity contribution in [1.82, 2.24) is 0 Å². The molecule has 0 aromatic carbocycles. The lowest BCUT2D eigenvalue weighted by Crippen LogP contribution is -2.68. The molecule has 5 rings (SSSR count). The van der Waals surface area contributed by atoms with Gasteiger partial charge < -0.3 is 9.47 Å². The van der Waals surface area contributed by atoms with E-state index in [4.69, 9.17) is 19.2 Å². The van der Waals surface area contributed by atoms with Gasteiger partial charge in [-0.25, -0.2) is 9.78 Å². The van der Waals surface area contributed by atoms with E-state index in [9.17, 15) is 0 Å². The lowest BCUT2D eigenvalue weighted by molar-refractivity contribution is -0.566. The van der Waals surface area contributed by atoms with Gasteiger partial charge in [0.05, 0.1) is 6.61 Å². The quantitative estimate of drug-likeness (QED) is 0.633. The molecule has 4 heteroatoms. The summed E-state index contributed by atoms with van der Waals surface area (Å²) in [4.78, 5) is 11.7. The molecule has 5 aliphatic rings. The highest BCUT2D eigenvalue weighted by Gasteiger charge is 2.67. The van der Waals surface area contributed by atoms with Gasteiger partial charge in [-0.2, -0.15) is 0 Å². The maximum absolute atomic E-state index is 6.16. The summed E-state index contributed by atoms with van der Waals surface area (Å²) in [7, 11) is 0. The van der Waals surface area contributed by atoms with Crippen LogP contribution in [0, 0.1) is 23.7 Å². The molecule has 5 fully saturated rings. The van der Waals surface area contributed by atoms with Crippen molar-refractivity contribution in [2.75, 3.05) is 6.61 Å². The van der Waals surface area contributed by atoms with Crippen LogP contribution in [0.5, 0.6) is 0 Å². The molecule has 0 radical (unpaired) electrons. The first-order valence-electron chi connectivity index (χ1n) is 7.71. The molecule has 4 saturated heterocycles. The van der Waals surface area contributed by atoms with Crippen LogP contribution in [-0.4, -0.2) is 24.3 Å². The molecule has 2 bridgehead atoms. The Kier molecular flexibility index (Phi) is 2.61. The summed E-state index contributed by atoms with van der Waals surface area (Å²) < 4.78 is 12.2. The third kappa shape index (κ3) is 1.54. The van der Waals surface area contributed by atoms with E-state index in [0.717, 1.165) is 19.4 Å². The van der Waals surface area contributed by atoms with Crippen molar-refractivity contribution in [3.05, 3.63) is 0 Å². The highest BCUT2D eigenvalue weighted by Crippen LogP contribution is 2.59. The molecule has 7 atom stereocenters. The Morgan fingerprint density at radius 3 is 2.58 bits per heavy atom. The summed E-state index contributed by atoms with van der Waals surface area (Å²) in [5, 5.41) is 0. The predicted molar refractivity (Wildman–Crippen MR) is 67.9 cm³/mol. The molecular formula is C15H24O4. The van der Waals surface area contributed by atoms with Crippen molar-refractivity contribution in [1.29, 1.82) is 0 Å². The lowest BCUT2D eigenvalue weighted by atomic mass is 9.58. The van der Waals surface area contributed by atoms with Gasteiger partial charge in [0.15, 0.2) is 11.9 Å². The number of fused-ring (bicyclic) bond motifs is 2. The molecule has 4 nitrogen and oxygen atoms in total. The predicted octanol–water partition coefficient (Wildman–Crippen LogP) is 2.87. The van der Waals surface area contributed by atoms with Crippen LogP contribution in [0.1, 0.15) is 46.5 Å². The summed E-state index contributed by atoms with van der Waals surface area (Å²) in [5.74, 6) is 1.53. The van der Waals surface area contributed by atoms with E-state index in [-0.39, 0.29) is 11.9 Å². The molecule has 5 unspecified atom stereocenters. The molecule has 0 N–H and O–H groups in total. The van der Waals surface area contributed by atoms with Gasteiger partial charge in [-0.05, 0) is 43.9 Å². The minimum atomic E-state index is -0.627. The van der Waals surface area contributed by atoms with Crippen LogP contribution in [0.3, 0.4) is 0 Å². The lowest BCUT2D eigenvalue weighted by Gasteiger charge is -2.58. The van der Waals surface area contributed by atoms with Gasteiger partial charge in [0.2, 0.25) is 5.79 Å². The Bertz CT molecular complexity index is 386. The van der Waals surface area contributed by atoms with Crippen molar-refractivity contribution in [2.45, 2.75) is 64.1 Å². The number of rotatable bonds is 0. The van der Waals surface area contributed by atoms with Crippen LogP contribution in [0.4, 0.5) is 0 Å². The third-order valence-electron chi connectivity index (χ3n) is 5.97. The average Bonchev–Trinajstić information content (AvgIpc) is 2.61. The molecule has 1 saturated carbocycles. The summed E-state index contributed by atoms with van der Waals surface area (Å²) in [5.41, 5.74) is -0.370. The molecule has 1 spiro atoms. The normalized spacial score (nSPS) is 60.5. The highest BCUT2D eigenvalue weighted by molar-refractivity contribution is 5.08. The van der Waals surface area contributed by atoms with Crippen molar-refractivity contribution >= 4 is 0 Å². The van der Waals surface area contributed by atoms with Gasteiger partial charge in [0.25, 0.3) is 0 Å². The van der Waals surface area contributed by atoms with Crippen molar-refractivity contribution in [2.24, 2.45) is 23.7 Å². The number of hydrogen-bond acceptors (Lipinski definition) is 4. The Hall–Kier alpha value is -0.160. The smallest absolute Gasteiger partial charge is 0.201 e. The Balaban J connectivity index is 1.81. The van der Waals surface area contributed by atoms with Gasteiger partial charge in [0.1, 0.15) is 0 Å². The molecule has 0 aromatic rings. The van der Waals surface area contributed by atoms with Crippen molar-refractivity contribution in [3.8, 4) is 0 Å². The second-order valence-corrected chi connectivity index (χ2v) is 7.22. The van der Waals surface area contributed by atoms with Crippen LogP contribution < -0.4 is 0 Å². The molecule has 0 aromatic heterocycles. The standard InChI is InChI=1S/C15H24O4/c1-9-4-5-11-10(2)8-16-13-15(11)12(9)6-7-14(3,17-13)18-19-15/h9-13H,4-8H2,1-3H3/t9?,10?,11?,12?,13?,14-,15-/m0/s1. The van der Waals surface area contributed by atoms with Gasteiger partial charge >= 0.3 is 0 Å². The van der Waals surface area contributed by atoms with E-state index in [1.165, 1.54) is 12.8 Å². The fourth-order valence-electron chi connectivity index (χ4n) is 4.88. The zero-order valence-corrected chi connectivity index (χ0v) is 12.1. The molecule has 19 heavy (non-hydrogen) atoms. The number of hydrogen-bond donors (Lipinski definition) is 0.